The Kier molecular flexibility index (Phi) is 5.86. The number of nitrogens with one attached hydrogen (secondary N) is 2. The van der Waals surface area contributed by atoms with Gasteiger partial charge in [0.15, 0.2) is 0 Å². The third-order valence-corrected chi connectivity index (χ3v) is 5.15. The summed E-state index contributed by atoms with van der Waals surface area (Å²) in [4.78, 5) is 21.9. The Morgan fingerprint density at radius 3 is 2.50 bits per heavy atom. The zero-order valence-electron chi connectivity index (χ0n) is 13.1. The van der Waals surface area contributed by atoms with E-state index in [-0.39, 0.29) is 23.1 Å². The maximum atomic E-state index is 12.4. The number of nitro groups is 1. The first-order valence-corrected chi connectivity index (χ1v) is 8.96. The second-order valence-electron chi connectivity index (χ2n) is 5.44. The van der Waals surface area contributed by atoms with Gasteiger partial charge in [-0.1, -0.05) is 0 Å². The number of nitro benzene ring substituents is 1. The summed E-state index contributed by atoms with van der Waals surface area (Å²) in [5.74, 6) is -0.436. The molecule has 1 unspecified atom stereocenters. The molecule has 0 spiro atoms. The fraction of sp³-hybridized carbons (Fsp3) is 0.500. The molecule has 2 rings (SSSR count). The summed E-state index contributed by atoms with van der Waals surface area (Å²) in [6, 6.07) is 3.48. The molecule has 10 heteroatoms. The van der Waals surface area contributed by atoms with Crippen molar-refractivity contribution in [1.29, 1.82) is 0 Å². The molecule has 1 heterocycles. The summed E-state index contributed by atoms with van der Waals surface area (Å²) < 4.78 is 32.1. The van der Waals surface area contributed by atoms with Crippen LogP contribution in [-0.4, -0.2) is 45.0 Å². The Hall–Kier alpha value is -2.04. The van der Waals surface area contributed by atoms with Crippen molar-refractivity contribution in [3.63, 3.8) is 0 Å². The van der Waals surface area contributed by atoms with Crippen LogP contribution in [0, 0.1) is 16.0 Å². The summed E-state index contributed by atoms with van der Waals surface area (Å²) in [6.45, 7) is 3.23. The van der Waals surface area contributed by atoms with Crippen LogP contribution in [0.2, 0.25) is 0 Å². The van der Waals surface area contributed by atoms with Crippen molar-refractivity contribution in [2.24, 2.45) is 5.92 Å². The normalized spacial score (nSPS) is 16.2. The SMILES string of the molecule is CCOC(=O)C(CC1CNC1)NS(=O)(=O)c1ccc([N+](=O)[O-])cc1. The van der Waals surface area contributed by atoms with Crippen molar-refractivity contribution in [1.82, 2.24) is 10.0 Å². The molecule has 1 aliphatic heterocycles. The summed E-state index contributed by atoms with van der Waals surface area (Å²) in [6.07, 6.45) is 0.331. The van der Waals surface area contributed by atoms with Crippen LogP contribution in [0.25, 0.3) is 0 Å². The highest BCUT2D eigenvalue weighted by Gasteiger charge is 2.31. The van der Waals surface area contributed by atoms with Gasteiger partial charge in [0.1, 0.15) is 6.04 Å². The van der Waals surface area contributed by atoms with E-state index in [0.29, 0.717) is 6.42 Å². The molecule has 0 aromatic heterocycles. The van der Waals surface area contributed by atoms with E-state index in [4.69, 9.17) is 4.74 Å². The predicted octanol–water partition coefficient (Wildman–Crippen LogP) is 0.414. The lowest BCUT2D eigenvalue weighted by atomic mass is 9.95. The predicted molar refractivity (Wildman–Crippen MR) is 84.8 cm³/mol. The van der Waals surface area contributed by atoms with Crippen LogP contribution < -0.4 is 10.0 Å². The smallest absolute Gasteiger partial charge is 0.324 e. The van der Waals surface area contributed by atoms with Crippen LogP contribution >= 0.6 is 0 Å². The largest absolute Gasteiger partial charge is 0.465 e. The summed E-state index contributed by atoms with van der Waals surface area (Å²) in [5.41, 5.74) is -0.212. The highest BCUT2D eigenvalue weighted by Crippen LogP contribution is 2.18. The van der Waals surface area contributed by atoms with E-state index >= 15 is 0 Å². The van der Waals surface area contributed by atoms with E-state index in [1.807, 2.05) is 0 Å². The van der Waals surface area contributed by atoms with Gasteiger partial charge in [-0.15, -0.1) is 0 Å². The Labute approximate surface area is 139 Å². The number of nitrogens with zero attached hydrogens (tertiary/aromatic N) is 1. The number of benzene rings is 1. The zero-order chi connectivity index (χ0) is 17.7. The molecule has 132 valence electrons. The molecule has 1 fully saturated rings. The summed E-state index contributed by atoms with van der Waals surface area (Å²) in [5, 5.41) is 13.7. The van der Waals surface area contributed by atoms with Crippen LogP contribution in [0.4, 0.5) is 5.69 Å². The van der Waals surface area contributed by atoms with E-state index in [1.54, 1.807) is 6.92 Å². The Balaban J connectivity index is 2.15. The number of non-ortho nitro benzene ring substituents is 1. The molecule has 0 saturated carbocycles. The molecule has 0 amide bonds. The molecule has 1 atom stereocenters. The quantitative estimate of drug-likeness (QED) is 0.392. The number of carbonyl (C=O) groups is 1. The van der Waals surface area contributed by atoms with E-state index < -0.39 is 27.0 Å². The van der Waals surface area contributed by atoms with Crippen LogP contribution in [-0.2, 0) is 19.6 Å². The van der Waals surface area contributed by atoms with Gasteiger partial charge in [0.05, 0.1) is 16.4 Å². The number of sulfonamides is 1. The Bertz CT molecular complexity index is 700. The van der Waals surface area contributed by atoms with Gasteiger partial charge in [-0.3, -0.25) is 14.9 Å². The van der Waals surface area contributed by atoms with E-state index in [1.165, 1.54) is 0 Å². The van der Waals surface area contributed by atoms with Gasteiger partial charge in [-0.25, -0.2) is 8.42 Å². The molecule has 1 aromatic rings. The minimum absolute atomic E-state index is 0.144. The van der Waals surface area contributed by atoms with Crippen molar-refractivity contribution >= 4 is 21.7 Å². The molecule has 1 aromatic carbocycles. The fourth-order valence-electron chi connectivity index (χ4n) is 2.29. The molecular weight excluding hydrogens is 338 g/mol. The van der Waals surface area contributed by atoms with E-state index in [2.05, 4.69) is 10.0 Å². The van der Waals surface area contributed by atoms with Crippen molar-refractivity contribution in [3.8, 4) is 0 Å². The topological polar surface area (TPSA) is 128 Å². The van der Waals surface area contributed by atoms with Crippen LogP contribution in [0.15, 0.2) is 29.2 Å². The van der Waals surface area contributed by atoms with E-state index in [9.17, 15) is 23.3 Å². The average Bonchev–Trinajstić information content (AvgIpc) is 2.49. The van der Waals surface area contributed by atoms with Crippen molar-refractivity contribution < 1.29 is 22.9 Å². The van der Waals surface area contributed by atoms with Gasteiger partial charge in [-0.05, 0) is 44.5 Å². The fourth-order valence-corrected chi connectivity index (χ4v) is 3.48. The molecule has 24 heavy (non-hydrogen) atoms. The third-order valence-electron chi connectivity index (χ3n) is 3.66. The lowest BCUT2D eigenvalue weighted by Crippen LogP contribution is -2.49. The Morgan fingerprint density at radius 2 is 2.04 bits per heavy atom. The minimum atomic E-state index is -3.99. The number of hydrogen-bond donors (Lipinski definition) is 2. The lowest BCUT2D eigenvalue weighted by molar-refractivity contribution is -0.384. The lowest BCUT2D eigenvalue weighted by Gasteiger charge is -2.30. The number of rotatable bonds is 8. The highest BCUT2D eigenvalue weighted by molar-refractivity contribution is 7.89. The molecule has 1 saturated heterocycles. The molecule has 2 N–H and O–H groups in total. The first-order valence-electron chi connectivity index (χ1n) is 7.47. The molecule has 1 aliphatic rings. The van der Waals surface area contributed by atoms with Gasteiger partial charge in [0.2, 0.25) is 10.0 Å². The number of hydrogen-bond acceptors (Lipinski definition) is 7. The van der Waals surface area contributed by atoms with Crippen molar-refractivity contribution in [2.75, 3.05) is 19.7 Å². The summed E-state index contributed by atoms with van der Waals surface area (Å²) >= 11 is 0. The van der Waals surface area contributed by atoms with Crippen LogP contribution in [0.1, 0.15) is 13.3 Å². The molecular formula is C14H19N3O6S. The third kappa shape index (κ3) is 4.49. The Morgan fingerprint density at radius 1 is 1.42 bits per heavy atom. The van der Waals surface area contributed by atoms with Gasteiger partial charge in [0.25, 0.3) is 5.69 Å². The maximum absolute atomic E-state index is 12.4. The zero-order valence-corrected chi connectivity index (χ0v) is 13.9. The second kappa shape index (κ2) is 7.69. The summed E-state index contributed by atoms with van der Waals surface area (Å²) in [7, 11) is -3.99. The maximum Gasteiger partial charge on any atom is 0.324 e. The molecule has 0 aliphatic carbocycles. The van der Waals surface area contributed by atoms with Gasteiger partial charge >= 0.3 is 5.97 Å². The minimum Gasteiger partial charge on any atom is -0.465 e. The monoisotopic (exact) mass is 357 g/mol. The van der Waals surface area contributed by atoms with Gasteiger partial charge < -0.3 is 10.1 Å². The number of ether oxygens (including phenoxy) is 1. The highest BCUT2D eigenvalue weighted by atomic mass is 32.2. The molecule has 9 nitrogen and oxygen atoms in total. The number of carbonyl (C=O) groups excluding carboxylic acids is 1. The van der Waals surface area contributed by atoms with E-state index in [0.717, 1.165) is 37.4 Å². The van der Waals surface area contributed by atoms with Gasteiger partial charge in [0, 0.05) is 12.1 Å². The average molecular weight is 357 g/mol. The first kappa shape index (κ1) is 18.3. The standard InChI is InChI=1S/C14H19N3O6S/c1-2-23-14(18)13(7-10-8-15-9-10)16-24(21,22)12-5-3-11(4-6-12)17(19)20/h3-6,10,13,15-16H,2,7-9H2,1H3. The molecule has 0 radical (unpaired) electrons. The van der Waals surface area contributed by atoms with Crippen LogP contribution in [0.3, 0.4) is 0 Å². The van der Waals surface area contributed by atoms with Crippen molar-refractivity contribution in [2.45, 2.75) is 24.3 Å². The first-order chi connectivity index (χ1) is 11.3. The van der Waals surface area contributed by atoms with Gasteiger partial charge in [-0.2, -0.15) is 4.72 Å². The van der Waals surface area contributed by atoms with Crippen LogP contribution in [0.5, 0.6) is 0 Å². The number of esters is 1. The van der Waals surface area contributed by atoms with Crippen molar-refractivity contribution in [3.05, 3.63) is 34.4 Å². The second-order valence-corrected chi connectivity index (χ2v) is 7.15. The molecule has 0 bridgehead atoms.